The van der Waals surface area contributed by atoms with Gasteiger partial charge in [0.2, 0.25) is 0 Å². The van der Waals surface area contributed by atoms with E-state index in [-0.39, 0.29) is 5.82 Å². The maximum Gasteiger partial charge on any atom is 0.142 e. The predicted octanol–water partition coefficient (Wildman–Crippen LogP) is 3.47. The first-order chi connectivity index (χ1) is 8.54. The van der Waals surface area contributed by atoms with Gasteiger partial charge in [0.15, 0.2) is 0 Å². The van der Waals surface area contributed by atoms with E-state index in [1.54, 1.807) is 6.07 Å². The standard InChI is InChI=1S/C14H12ClN3/c1-8-9(2)18-14(17)12(7-16)13(8)10-4-3-5-11(15)6-10/h3-6H,1-2H3,(H2,17,18). The van der Waals surface area contributed by atoms with Crippen molar-refractivity contribution in [1.29, 1.82) is 5.26 Å². The molecule has 1 aromatic heterocycles. The highest BCUT2D eigenvalue weighted by Crippen LogP contribution is 2.32. The molecular formula is C14H12ClN3. The van der Waals surface area contributed by atoms with Crippen molar-refractivity contribution in [2.75, 3.05) is 5.73 Å². The number of halogens is 1. The number of anilines is 1. The van der Waals surface area contributed by atoms with Gasteiger partial charge in [0.25, 0.3) is 0 Å². The van der Waals surface area contributed by atoms with Gasteiger partial charge >= 0.3 is 0 Å². The molecule has 0 fully saturated rings. The molecule has 0 bridgehead atoms. The van der Waals surface area contributed by atoms with E-state index in [2.05, 4.69) is 11.1 Å². The Morgan fingerprint density at radius 1 is 1.33 bits per heavy atom. The first-order valence-electron chi connectivity index (χ1n) is 5.47. The van der Waals surface area contributed by atoms with Gasteiger partial charge in [0.1, 0.15) is 17.5 Å². The Morgan fingerprint density at radius 2 is 2.06 bits per heavy atom. The van der Waals surface area contributed by atoms with Gasteiger partial charge in [-0.15, -0.1) is 0 Å². The molecule has 0 unspecified atom stereocenters. The average molecular weight is 258 g/mol. The highest BCUT2D eigenvalue weighted by Gasteiger charge is 2.15. The molecule has 0 radical (unpaired) electrons. The van der Waals surface area contributed by atoms with Gasteiger partial charge in [0.05, 0.1) is 0 Å². The molecule has 1 heterocycles. The van der Waals surface area contributed by atoms with E-state index in [4.69, 9.17) is 17.3 Å². The molecule has 90 valence electrons. The Morgan fingerprint density at radius 3 is 2.67 bits per heavy atom. The van der Waals surface area contributed by atoms with Crippen LogP contribution in [0.25, 0.3) is 11.1 Å². The summed E-state index contributed by atoms with van der Waals surface area (Å²) < 4.78 is 0. The van der Waals surface area contributed by atoms with Crippen LogP contribution in [0.5, 0.6) is 0 Å². The summed E-state index contributed by atoms with van der Waals surface area (Å²) in [5.41, 5.74) is 9.67. The summed E-state index contributed by atoms with van der Waals surface area (Å²) in [6.07, 6.45) is 0. The normalized spacial score (nSPS) is 10.1. The lowest BCUT2D eigenvalue weighted by Gasteiger charge is -2.12. The zero-order valence-electron chi connectivity index (χ0n) is 10.2. The minimum absolute atomic E-state index is 0.260. The maximum absolute atomic E-state index is 9.24. The van der Waals surface area contributed by atoms with Crippen molar-refractivity contribution in [3.63, 3.8) is 0 Å². The second-order valence-corrected chi connectivity index (χ2v) is 4.52. The van der Waals surface area contributed by atoms with Crippen molar-refractivity contribution in [1.82, 2.24) is 4.98 Å². The van der Waals surface area contributed by atoms with Gasteiger partial charge in [-0.25, -0.2) is 4.98 Å². The van der Waals surface area contributed by atoms with Crippen molar-refractivity contribution < 1.29 is 0 Å². The third kappa shape index (κ3) is 2.03. The van der Waals surface area contributed by atoms with Crippen LogP contribution in [-0.4, -0.2) is 4.98 Å². The molecule has 3 nitrogen and oxygen atoms in total. The number of rotatable bonds is 1. The zero-order valence-corrected chi connectivity index (χ0v) is 10.9. The Balaban J connectivity index is 2.82. The second kappa shape index (κ2) is 4.67. The SMILES string of the molecule is Cc1nc(N)c(C#N)c(-c2cccc(Cl)c2)c1C. The van der Waals surface area contributed by atoms with Crippen molar-refractivity contribution >= 4 is 17.4 Å². The number of benzene rings is 1. The summed E-state index contributed by atoms with van der Waals surface area (Å²) in [5.74, 6) is 0.260. The van der Waals surface area contributed by atoms with E-state index in [0.29, 0.717) is 10.6 Å². The molecule has 0 aliphatic heterocycles. The lowest BCUT2D eigenvalue weighted by atomic mass is 9.95. The Bertz CT molecular complexity index is 657. The first-order valence-corrected chi connectivity index (χ1v) is 5.85. The van der Waals surface area contributed by atoms with E-state index >= 15 is 0 Å². The smallest absolute Gasteiger partial charge is 0.142 e. The van der Waals surface area contributed by atoms with Crippen LogP contribution in [-0.2, 0) is 0 Å². The van der Waals surface area contributed by atoms with Crippen molar-refractivity contribution in [3.05, 3.63) is 46.1 Å². The predicted molar refractivity (Wildman–Crippen MR) is 73.3 cm³/mol. The summed E-state index contributed by atoms with van der Waals surface area (Å²) >= 11 is 5.99. The van der Waals surface area contributed by atoms with Gasteiger partial charge in [-0.05, 0) is 37.1 Å². The molecule has 0 amide bonds. The molecule has 0 saturated heterocycles. The average Bonchev–Trinajstić information content (AvgIpc) is 2.33. The van der Waals surface area contributed by atoms with Crippen LogP contribution in [0.15, 0.2) is 24.3 Å². The Kier molecular flexibility index (Phi) is 3.22. The lowest BCUT2D eigenvalue weighted by molar-refractivity contribution is 1.15. The highest BCUT2D eigenvalue weighted by molar-refractivity contribution is 6.30. The Hall–Kier alpha value is -2.05. The summed E-state index contributed by atoms with van der Waals surface area (Å²) in [6, 6.07) is 9.50. The number of aryl methyl sites for hydroxylation is 1. The third-order valence-corrected chi connectivity index (χ3v) is 3.17. The summed E-state index contributed by atoms with van der Waals surface area (Å²) in [7, 11) is 0. The molecule has 4 heteroatoms. The third-order valence-electron chi connectivity index (χ3n) is 2.94. The molecule has 1 aromatic carbocycles. The van der Waals surface area contributed by atoms with Crippen LogP contribution < -0.4 is 5.73 Å². The molecule has 18 heavy (non-hydrogen) atoms. The van der Waals surface area contributed by atoms with Crippen LogP contribution in [0.1, 0.15) is 16.8 Å². The quantitative estimate of drug-likeness (QED) is 0.851. The molecule has 0 saturated carbocycles. The fourth-order valence-corrected chi connectivity index (χ4v) is 2.13. The topological polar surface area (TPSA) is 62.7 Å². The molecular weight excluding hydrogens is 246 g/mol. The van der Waals surface area contributed by atoms with Crippen molar-refractivity contribution in [2.24, 2.45) is 0 Å². The van der Waals surface area contributed by atoms with E-state index < -0.39 is 0 Å². The second-order valence-electron chi connectivity index (χ2n) is 4.08. The minimum Gasteiger partial charge on any atom is -0.383 e. The van der Waals surface area contributed by atoms with Gasteiger partial charge in [-0.1, -0.05) is 23.7 Å². The molecule has 2 N–H and O–H groups in total. The summed E-state index contributed by atoms with van der Waals surface area (Å²) in [4.78, 5) is 4.17. The van der Waals surface area contributed by atoms with E-state index in [9.17, 15) is 5.26 Å². The van der Waals surface area contributed by atoms with E-state index in [1.807, 2.05) is 32.0 Å². The summed E-state index contributed by atoms with van der Waals surface area (Å²) in [6.45, 7) is 3.81. The fourth-order valence-electron chi connectivity index (χ4n) is 1.93. The number of nitrogens with two attached hydrogens (primary N) is 1. The van der Waals surface area contributed by atoms with Gasteiger partial charge in [-0.3, -0.25) is 0 Å². The van der Waals surface area contributed by atoms with Crippen LogP contribution in [0.2, 0.25) is 5.02 Å². The number of nitriles is 1. The van der Waals surface area contributed by atoms with Crippen LogP contribution >= 0.6 is 11.6 Å². The number of pyridine rings is 1. The molecule has 0 atom stereocenters. The number of nitrogen functional groups attached to an aromatic ring is 1. The number of aromatic nitrogens is 1. The molecule has 0 aliphatic carbocycles. The van der Waals surface area contributed by atoms with Crippen LogP contribution in [0.4, 0.5) is 5.82 Å². The van der Waals surface area contributed by atoms with Gasteiger partial charge in [-0.2, -0.15) is 5.26 Å². The van der Waals surface area contributed by atoms with Crippen molar-refractivity contribution in [3.8, 4) is 17.2 Å². The fraction of sp³-hybridized carbons (Fsp3) is 0.143. The molecule has 0 spiro atoms. The molecule has 2 rings (SSSR count). The van der Waals surface area contributed by atoms with Gasteiger partial charge < -0.3 is 5.73 Å². The van der Waals surface area contributed by atoms with Crippen molar-refractivity contribution in [2.45, 2.75) is 13.8 Å². The number of hydrogen-bond donors (Lipinski definition) is 1. The lowest BCUT2D eigenvalue weighted by Crippen LogP contribution is -2.02. The number of nitrogens with zero attached hydrogens (tertiary/aromatic N) is 2. The van der Waals surface area contributed by atoms with Crippen LogP contribution in [0, 0.1) is 25.2 Å². The zero-order chi connectivity index (χ0) is 13.3. The Labute approximate surface area is 111 Å². The first kappa shape index (κ1) is 12.4. The number of hydrogen-bond acceptors (Lipinski definition) is 3. The highest BCUT2D eigenvalue weighted by atomic mass is 35.5. The molecule has 0 aliphatic rings. The van der Waals surface area contributed by atoms with Crippen LogP contribution in [0.3, 0.4) is 0 Å². The van der Waals surface area contributed by atoms with E-state index in [1.165, 1.54) is 0 Å². The molecule has 2 aromatic rings. The monoisotopic (exact) mass is 257 g/mol. The van der Waals surface area contributed by atoms with Gasteiger partial charge in [0, 0.05) is 16.3 Å². The van der Waals surface area contributed by atoms with E-state index in [0.717, 1.165) is 22.4 Å². The maximum atomic E-state index is 9.24. The minimum atomic E-state index is 0.260. The summed E-state index contributed by atoms with van der Waals surface area (Å²) in [5, 5.41) is 9.87. The largest absolute Gasteiger partial charge is 0.383 e.